The van der Waals surface area contributed by atoms with Gasteiger partial charge in [0.25, 0.3) is 0 Å². The van der Waals surface area contributed by atoms with Crippen LogP contribution in [0.2, 0.25) is 0 Å². The quantitative estimate of drug-likeness (QED) is 0.241. The van der Waals surface area contributed by atoms with Crippen molar-refractivity contribution in [1.82, 2.24) is 0 Å². The summed E-state index contributed by atoms with van der Waals surface area (Å²) in [5.41, 5.74) is 5.34. The number of thiophene rings is 1. The number of methoxy groups -OCH3 is 2. The zero-order chi connectivity index (χ0) is 24.9. The van der Waals surface area contributed by atoms with Gasteiger partial charge in [-0.25, -0.2) is 0 Å². The number of rotatable bonds is 9. The van der Waals surface area contributed by atoms with Gasteiger partial charge in [-0.2, -0.15) is 0 Å². The molecule has 0 aliphatic rings. The van der Waals surface area contributed by atoms with Gasteiger partial charge in [0.1, 0.15) is 17.3 Å². The molecule has 178 valence electrons. The Morgan fingerprint density at radius 1 is 0.829 bits per heavy atom. The monoisotopic (exact) mass is 484 g/mol. The van der Waals surface area contributed by atoms with Gasteiger partial charge in [0.05, 0.1) is 19.8 Å². The molecule has 0 fully saturated rings. The van der Waals surface area contributed by atoms with Crippen molar-refractivity contribution in [2.24, 2.45) is 0 Å². The van der Waals surface area contributed by atoms with E-state index in [0.717, 1.165) is 37.6 Å². The van der Waals surface area contributed by atoms with Crippen molar-refractivity contribution in [2.75, 3.05) is 14.2 Å². The van der Waals surface area contributed by atoms with Crippen molar-refractivity contribution >= 4 is 22.9 Å². The summed E-state index contributed by atoms with van der Waals surface area (Å²) in [4.78, 5) is 27.0. The molecule has 0 spiro atoms. The Hall–Kier alpha value is -3.70. The third kappa shape index (κ3) is 5.52. The average molecular weight is 485 g/mol. The highest BCUT2D eigenvalue weighted by atomic mass is 32.1. The lowest BCUT2D eigenvalue weighted by molar-refractivity contribution is -0.116. The highest BCUT2D eigenvalue weighted by molar-refractivity contribution is 7.15. The van der Waals surface area contributed by atoms with Crippen LogP contribution in [-0.2, 0) is 17.6 Å². The topological polar surface area (TPSA) is 52.6 Å². The van der Waals surface area contributed by atoms with Gasteiger partial charge in [-0.3, -0.25) is 9.59 Å². The summed E-state index contributed by atoms with van der Waals surface area (Å²) in [6, 6.07) is 23.5. The van der Waals surface area contributed by atoms with E-state index < -0.39 is 0 Å². The van der Waals surface area contributed by atoms with E-state index in [4.69, 9.17) is 9.47 Å². The Morgan fingerprint density at radius 2 is 1.54 bits per heavy atom. The standard InChI is InChI=1S/C30H28O4S/c1-19-14-27(33-3)30(28(15-19)34-4)23-10-7-9-22(17-23)26(32)18-21-8-5-6-11-25(21)29-13-12-24(35-29)16-20(2)31/h5-15,17H,16,18H2,1-4H3. The summed E-state index contributed by atoms with van der Waals surface area (Å²) in [5, 5.41) is 0. The second-order valence-electron chi connectivity index (χ2n) is 8.53. The van der Waals surface area contributed by atoms with Crippen LogP contribution in [0.25, 0.3) is 21.6 Å². The molecule has 3 aromatic carbocycles. The molecule has 5 heteroatoms. The third-order valence-electron chi connectivity index (χ3n) is 5.84. The lowest BCUT2D eigenvalue weighted by Gasteiger charge is -2.15. The third-order valence-corrected chi connectivity index (χ3v) is 6.96. The Kier molecular flexibility index (Phi) is 7.47. The summed E-state index contributed by atoms with van der Waals surface area (Å²) >= 11 is 1.60. The molecular weight excluding hydrogens is 456 g/mol. The van der Waals surface area contributed by atoms with E-state index in [1.807, 2.05) is 79.7 Å². The van der Waals surface area contributed by atoms with Crippen LogP contribution in [-0.4, -0.2) is 25.8 Å². The number of ether oxygens (including phenoxy) is 2. The van der Waals surface area contributed by atoms with Crippen LogP contribution in [0, 0.1) is 6.92 Å². The number of hydrogen-bond acceptors (Lipinski definition) is 5. The summed E-state index contributed by atoms with van der Waals surface area (Å²) < 4.78 is 11.2. The van der Waals surface area contributed by atoms with E-state index in [0.29, 0.717) is 23.5 Å². The zero-order valence-corrected chi connectivity index (χ0v) is 21.2. The van der Waals surface area contributed by atoms with E-state index in [9.17, 15) is 9.59 Å². The van der Waals surface area contributed by atoms with Gasteiger partial charge < -0.3 is 9.47 Å². The number of Topliss-reactive ketones (excluding diaryl/α,β-unsaturated/α-hetero) is 2. The maximum Gasteiger partial charge on any atom is 0.167 e. The smallest absolute Gasteiger partial charge is 0.167 e. The molecule has 0 saturated carbocycles. The minimum absolute atomic E-state index is 0.0323. The molecule has 0 amide bonds. The molecule has 0 aliphatic carbocycles. The Balaban J connectivity index is 1.65. The molecule has 0 radical (unpaired) electrons. The van der Waals surface area contributed by atoms with Crippen molar-refractivity contribution < 1.29 is 19.1 Å². The van der Waals surface area contributed by atoms with Crippen LogP contribution in [0.5, 0.6) is 11.5 Å². The van der Waals surface area contributed by atoms with Gasteiger partial charge in [0, 0.05) is 28.2 Å². The molecule has 0 aliphatic heterocycles. The Bertz CT molecular complexity index is 1360. The molecular formula is C30H28O4S. The van der Waals surface area contributed by atoms with Crippen molar-refractivity contribution in [3.8, 4) is 33.1 Å². The normalized spacial score (nSPS) is 10.7. The SMILES string of the molecule is COc1cc(C)cc(OC)c1-c1cccc(C(=O)Cc2ccccc2-c2ccc(CC(C)=O)s2)c1. The number of hydrogen-bond donors (Lipinski definition) is 0. The van der Waals surface area contributed by atoms with Gasteiger partial charge in [0.2, 0.25) is 0 Å². The fourth-order valence-corrected chi connectivity index (χ4v) is 5.37. The van der Waals surface area contributed by atoms with Crippen LogP contribution in [0.4, 0.5) is 0 Å². The maximum absolute atomic E-state index is 13.4. The molecule has 1 heterocycles. The van der Waals surface area contributed by atoms with Crippen LogP contribution < -0.4 is 9.47 Å². The molecule has 0 saturated heterocycles. The highest BCUT2D eigenvalue weighted by Gasteiger charge is 2.17. The number of carbonyl (C=O) groups excluding carboxylic acids is 2. The van der Waals surface area contributed by atoms with E-state index in [-0.39, 0.29) is 18.0 Å². The molecule has 35 heavy (non-hydrogen) atoms. The first-order chi connectivity index (χ1) is 16.9. The van der Waals surface area contributed by atoms with Crippen molar-refractivity contribution in [2.45, 2.75) is 26.7 Å². The van der Waals surface area contributed by atoms with E-state index >= 15 is 0 Å². The Morgan fingerprint density at radius 3 is 2.23 bits per heavy atom. The minimum Gasteiger partial charge on any atom is -0.496 e. The lowest BCUT2D eigenvalue weighted by atomic mass is 9.95. The number of carbonyl (C=O) groups is 2. The minimum atomic E-state index is 0.0323. The number of aryl methyl sites for hydroxylation is 1. The first-order valence-electron chi connectivity index (χ1n) is 11.4. The fourth-order valence-electron chi connectivity index (χ4n) is 4.23. The fraction of sp³-hybridized carbons (Fsp3) is 0.200. The first-order valence-corrected chi connectivity index (χ1v) is 12.2. The second kappa shape index (κ2) is 10.7. The molecule has 4 nitrogen and oxygen atoms in total. The summed E-state index contributed by atoms with van der Waals surface area (Å²) in [6.07, 6.45) is 0.715. The number of benzene rings is 3. The predicted octanol–water partition coefficient (Wildman–Crippen LogP) is 6.96. The zero-order valence-electron chi connectivity index (χ0n) is 20.4. The molecule has 0 unspecified atom stereocenters. The largest absolute Gasteiger partial charge is 0.496 e. The Labute approximate surface area is 210 Å². The molecule has 4 aromatic rings. The maximum atomic E-state index is 13.4. The van der Waals surface area contributed by atoms with E-state index in [1.165, 1.54) is 0 Å². The number of ketones is 2. The highest BCUT2D eigenvalue weighted by Crippen LogP contribution is 2.40. The van der Waals surface area contributed by atoms with Crippen LogP contribution in [0.3, 0.4) is 0 Å². The first kappa shape index (κ1) is 24.4. The molecule has 0 atom stereocenters. The molecule has 1 aromatic heterocycles. The van der Waals surface area contributed by atoms with Gasteiger partial charge >= 0.3 is 0 Å². The lowest BCUT2D eigenvalue weighted by Crippen LogP contribution is -2.05. The van der Waals surface area contributed by atoms with E-state index in [2.05, 4.69) is 0 Å². The van der Waals surface area contributed by atoms with Crippen molar-refractivity contribution in [3.63, 3.8) is 0 Å². The van der Waals surface area contributed by atoms with Gasteiger partial charge in [0.15, 0.2) is 5.78 Å². The van der Waals surface area contributed by atoms with Gasteiger partial charge in [-0.15, -0.1) is 11.3 Å². The van der Waals surface area contributed by atoms with Crippen LogP contribution in [0.15, 0.2) is 72.8 Å². The molecule has 4 rings (SSSR count). The summed E-state index contributed by atoms with van der Waals surface area (Å²) in [7, 11) is 3.27. The molecule has 0 N–H and O–H groups in total. The average Bonchev–Trinajstić information content (AvgIpc) is 3.31. The summed E-state index contributed by atoms with van der Waals surface area (Å²) in [6.45, 7) is 3.59. The molecule has 0 bridgehead atoms. The van der Waals surface area contributed by atoms with Gasteiger partial charge in [-0.1, -0.05) is 42.5 Å². The van der Waals surface area contributed by atoms with E-state index in [1.54, 1.807) is 32.5 Å². The van der Waals surface area contributed by atoms with Crippen LogP contribution >= 0.6 is 11.3 Å². The second-order valence-corrected chi connectivity index (χ2v) is 9.70. The van der Waals surface area contributed by atoms with Crippen molar-refractivity contribution in [3.05, 3.63) is 94.4 Å². The van der Waals surface area contributed by atoms with Gasteiger partial charge in [-0.05, 0) is 66.4 Å². The van der Waals surface area contributed by atoms with Crippen LogP contribution in [0.1, 0.15) is 33.3 Å². The summed E-state index contributed by atoms with van der Waals surface area (Å²) in [5.74, 6) is 1.58. The van der Waals surface area contributed by atoms with Crippen molar-refractivity contribution in [1.29, 1.82) is 0 Å². The predicted molar refractivity (Wildman–Crippen MR) is 142 cm³/mol.